The van der Waals surface area contributed by atoms with E-state index >= 15 is 0 Å². The molecule has 0 atom stereocenters. The van der Waals surface area contributed by atoms with Gasteiger partial charge in [0.05, 0.1) is 0 Å². The van der Waals surface area contributed by atoms with Crippen molar-refractivity contribution < 1.29 is 22.0 Å². The Labute approximate surface area is 75.9 Å². The third-order valence-electron chi connectivity index (χ3n) is 1.84. The molecule has 0 aliphatic heterocycles. The summed E-state index contributed by atoms with van der Waals surface area (Å²) in [5, 5.41) is -0.252. The molecule has 1 aromatic carbocycles. The van der Waals surface area contributed by atoms with Crippen LogP contribution < -0.4 is 0 Å². The molecule has 0 saturated carbocycles. The smallest absolute Gasteiger partial charge is 0.420 e. The van der Waals surface area contributed by atoms with Crippen molar-refractivity contribution in [3.8, 4) is 0 Å². The molecule has 2 rings (SSSR count). The van der Waals surface area contributed by atoms with E-state index in [0.29, 0.717) is 6.26 Å². The van der Waals surface area contributed by atoms with Crippen LogP contribution in [-0.4, -0.2) is 0 Å². The molecule has 5 heteroatoms. The maximum Gasteiger partial charge on any atom is 0.420 e. The zero-order chi connectivity index (χ0) is 10.3. The normalized spacial score (nSPS) is 12.3. The number of halogens is 4. The summed E-state index contributed by atoms with van der Waals surface area (Å²) in [6, 6.07) is 3.02. The second kappa shape index (κ2) is 2.73. The summed E-state index contributed by atoms with van der Waals surface area (Å²) >= 11 is 0. The largest absolute Gasteiger partial charge is 0.464 e. The number of hydrogen-bond donors (Lipinski definition) is 0. The van der Waals surface area contributed by atoms with Gasteiger partial charge in [0.15, 0.2) is 0 Å². The van der Waals surface area contributed by atoms with Gasteiger partial charge >= 0.3 is 6.18 Å². The lowest BCUT2D eigenvalue weighted by molar-refractivity contribution is -0.136. The molecule has 0 amide bonds. The molecule has 1 heterocycles. The monoisotopic (exact) mass is 204 g/mol. The molecule has 0 bridgehead atoms. The lowest BCUT2D eigenvalue weighted by atomic mass is 10.2. The quantitative estimate of drug-likeness (QED) is 0.597. The summed E-state index contributed by atoms with van der Waals surface area (Å²) in [7, 11) is 0. The summed E-state index contributed by atoms with van der Waals surface area (Å²) < 4.78 is 54.2. The lowest BCUT2D eigenvalue weighted by Crippen LogP contribution is -2.03. The molecule has 0 radical (unpaired) electrons. The van der Waals surface area contributed by atoms with Crippen molar-refractivity contribution in [2.24, 2.45) is 0 Å². The third-order valence-corrected chi connectivity index (χ3v) is 1.84. The molecule has 74 valence electrons. The van der Waals surface area contributed by atoms with Gasteiger partial charge < -0.3 is 4.42 Å². The van der Waals surface area contributed by atoms with E-state index in [1.165, 1.54) is 6.07 Å². The average molecular weight is 204 g/mol. The van der Waals surface area contributed by atoms with E-state index in [1.807, 2.05) is 0 Å². The Morgan fingerprint density at radius 2 is 1.86 bits per heavy atom. The van der Waals surface area contributed by atoms with Crippen LogP contribution in [0.5, 0.6) is 0 Å². The molecular formula is C9H4F4O. The summed E-state index contributed by atoms with van der Waals surface area (Å²) in [6.45, 7) is 0. The van der Waals surface area contributed by atoms with Crippen molar-refractivity contribution in [2.45, 2.75) is 6.18 Å². The van der Waals surface area contributed by atoms with E-state index in [0.717, 1.165) is 12.1 Å². The van der Waals surface area contributed by atoms with Crippen molar-refractivity contribution in [1.82, 2.24) is 0 Å². The highest BCUT2D eigenvalue weighted by Crippen LogP contribution is 2.36. The van der Waals surface area contributed by atoms with E-state index in [9.17, 15) is 17.6 Å². The Morgan fingerprint density at radius 3 is 2.50 bits per heavy atom. The number of fused-ring (bicyclic) bond motifs is 1. The van der Waals surface area contributed by atoms with Gasteiger partial charge in [0.2, 0.25) is 0 Å². The molecule has 0 aliphatic carbocycles. The minimum absolute atomic E-state index is 0.0266. The number of benzene rings is 1. The van der Waals surface area contributed by atoms with Gasteiger partial charge in [0.25, 0.3) is 0 Å². The van der Waals surface area contributed by atoms with Gasteiger partial charge in [-0.2, -0.15) is 13.2 Å². The number of furan rings is 1. The summed E-state index contributed by atoms with van der Waals surface area (Å²) in [5.74, 6) is -0.718. The molecule has 0 fully saturated rings. The van der Waals surface area contributed by atoms with E-state index in [1.54, 1.807) is 0 Å². The Bertz CT molecular complexity index is 469. The van der Waals surface area contributed by atoms with Gasteiger partial charge in [0, 0.05) is 5.39 Å². The maximum absolute atomic E-state index is 12.7. The Kier molecular flexibility index (Phi) is 1.77. The second-order valence-electron chi connectivity index (χ2n) is 2.79. The predicted molar refractivity (Wildman–Crippen MR) is 41.2 cm³/mol. The van der Waals surface area contributed by atoms with E-state index in [-0.39, 0.29) is 11.0 Å². The van der Waals surface area contributed by atoms with Crippen LogP contribution >= 0.6 is 0 Å². The summed E-state index contributed by atoms with van der Waals surface area (Å²) in [5.41, 5.74) is -0.925. The molecule has 1 aromatic heterocycles. The van der Waals surface area contributed by atoms with Crippen molar-refractivity contribution >= 4 is 11.0 Å². The van der Waals surface area contributed by atoms with Gasteiger partial charge in [-0.3, -0.25) is 0 Å². The first-order valence-electron chi connectivity index (χ1n) is 3.72. The number of rotatable bonds is 0. The molecule has 1 nitrogen and oxygen atoms in total. The first-order chi connectivity index (χ1) is 6.48. The lowest BCUT2D eigenvalue weighted by Gasteiger charge is -2.02. The van der Waals surface area contributed by atoms with Crippen molar-refractivity contribution in [1.29, 1.82) is 0 Å². The van der Waals surface area contributed by atoms with E-state index in [4.69, 9.17) is 0 Å². The van der Waals surface area contributed by atoms with Crippen LogP contribution in [0.15, 0.2) is 28.9 Å². The van der Waals surface area contributed by atoms with Crippen LogP contribution in [0.2, 0.25) is 0 Å². The summed E-state index contributed by atoms with van der Waals surface area (Å²) in [6.07, 6.45) is -3.93. The Morgan fingerprint density at radius 1 is 1.14 bits per heavy atom. The van der Waals surface area contributed by atoms with Gasteiger partial charge in [-0.1, -0.05) is 0 Å². The molecule has 0 unspecified atom stereocenters. The minimum atomic E-state index is -4.51. The van der Waals surface area contributed by atoms with Crippen LogP contribution in [0, 0.1) is 5.82 Å². The zero-order valence-corrected chi connectivity index (χ0v) is 6.73. The molecule has 0 N–H and O–H groups in total. The van der Waals surface area contributed by atoms with Gasteiger partial charge in [-0.05, 0) is 18.2 Å². The second-order valence-corrected chi connectivity index (χ2v) is 2.79. The van der Waals surface area contributed by atoms with Crippen LogP contribution in [0.4, 0.5) is 17.6 Å². The van der Waals surface area contributed by atoms with Crippen LogP contribution in [0.1, 0.15) is 5.56 Å². The third kappa shape index (κ3) is 1.34. The first kappa shape index (κ1) is 9.05. The van der Waals surface area contributed by atoms with Gasteiger partial charge in [-0.25, -0.2) is 4.39 Å². The standard InChI is InChI=1S/C9H4F4O/c10-5-1-2-8-6(3-5)7(4-14-8)9(11,12)13/h1-4H. The molecular weight excluding hydrogens is 200 g/mol. The van der Waals surface area contributed by atoms with Crippen LogP contribution in [0.3, 0.4) is 0 Å². The average Bonchev–Trinajstić information content (AvgIpc) is 2.45. The van der Waals surface area contributed by atoms with E-state index < -0.39 is 17.6 Å². The Hall–Kier alpha value is -1.52. The van der Waals surface area contributed by atoms with Gasteiger partial charge in [0.1, 0.15) is 23.2 Å². The predicted octanol–water partition coefficient (Wildman–Crippen LogP) is 3.59. The SMILES string of the molecule is Fc1ccc2occ(C(F)(F)F)c2c1. The number of hydrogen-bond acceptors (Lipinski definition) is 1. The maximum atomic E-state index is 12.7. The molecule has 0 spiro atoms. The minimum Gasteiger partial charge on any atom is -0.464 e. The fourth-order valence-corrected chi connectivity index (χ4v) is 1.22. The fourth-order valence-electron chi connectivity index (χ4n) is 1.22. The van der Waals surface area contributed by atoms with Crippen molar-refractivity contribution in [2.75, 3.05) is 0 Å². The molecule has 0 aliphatic rings. The molecule has 0 saturated heterocycles. The number of alkyl halides is 3. The fraction of sp³-hybridized carbons (Fsp3) is 0.111. The van der Waals surface area contributed by atoms with Gasteiger partial charge in [-0.15, -0.1) is 0 Å². The van der Waals surface area contributed by atoms with E-state index in [2.05, 4.69) is 4.42 Å². The highest BCUT2D eigenvalue weighted by Gasteiger charge is 2.34. The highest BCUT2D eigenvalue weighted by molar-refractivity contribution is 5.81. The van der Waals surface area contributed by atoms with Crippen LogP contribution in [0.25, 0.3) is 11.0 Å². The molecule has 2 aromatic rings. The first-order valence-corrected chi connectivity index (χ1v) is 3.72. The summed E-state index contributed by atoms with van der Waals surface area (Å²) in [4.78, 5) is 0. The van der Waals surface area contributed by atoms with Crippen LogP contribution in [-0.2, 0) is 6.18 Å². The molecule has 14 heavy (non-hydrogen) atoms. The zero-order valence-electron chi connectivity index (χ0n) is 6.73. The highest BCUT2D eigenvalue weighted by atomic mass is 19.4. The van der Waals surface area contributed by atoms with Crippen molar-refractivity contribution in [3.63, 3.8) is 0 Å². The topological polar surface area (TPSA) is 13.1 Å². The van der Waals surface area contributed by atoms with Crippen molar-refractivity contribution in [3.05, 3.63) is 35.8 Å². The Balaban J connectivity index is 2.73.